The molecular weight excluding hydrogens is 550 g/mol. The lowest BCUT2D eigenvalue weighted by Gasteiger charge is -2.27. The second-order valence-electron chi connectivity index (χ2n) is 9.06. The standard InChI is InChI=1S/C30H36O2P.HI/c1-26(14-12-22-30(2)31-23-24-32-30)15-13-25-33(27-16-6-3-7-17-27,28-18-8-4-9-19-28)29-20-10-5-11-21-29;/h3-11,14,16-21H,12-13,15,22-25H2,1-2H3;1H/q+1;/p-1/b26-14+;. The van der Waals surface area contributed by atoms with E-state index in [-0.39, 0.29) is 24.0 Å². The van der Waals surface area contributed by atoms with Crippen LogP contribution in [0, 0.1) is 0 Å². The highest BCUT2D eigenvalue weighted by Gasteiger charge is 2.44. The largest absolute Gasteiger partial charge is 1.00 e. The SMILES string of the molecule is C/C(=C\CCC1(C)OCCO1)CCC[P+](c1ccccc1)(c1ccccc1)c1ccccc1.[I-]. The lowest BCUT2D eigenvalue weighted by molar-refractivity contribution is -0.145. The molecule has 1 saturated heterocycles. The summed E-state index contributed by atoms with van der Waals surface area (Å²) >= 11 is 0. The van der Waals surface area contributed by atoms with Crippen molar-refractivity contribution in [1.82, 2.24) is 0 Å². The van der Waals surface area contributed by atoms with Crippen molar-refractivity contribution < 1.29 is 33.5 Å². The monoisotopic (exact) mass is 586 g/mol. The molecule has 0 N–H and O–H groups in total. The van der Waals surface area contributed by atoms with Gasteiger partial charge in [0.1, 0.15) is 23.2 Å². The van der Waals surface area contributed by atoms with Crippen LogP contribution in [0.3, 0.4) is 0 Å². The van der Waals surface area contributed by atoms with Gasteiger partial charge < -0.3 is 33.5 Å². The molecule has 0 aromatic heterocycles. The van der Waals surface area contributed by atoms with Crippen molar-refractivity contribution in [1.29, 1.82) is 0 Å². The molecule has 3 aromatic carbocycles. The first-order valence-corrected chi connectivity index (χ1v) is 14.1. The molecule has 0 atom stereocenters. The highest BCUT2D eigenvalue weighted by molar-refractivity contribution is 7.95. The Hall–Kier alpha value is -1.52. The molecule has 0 spiro atoms. The minimum absolute atomic E-state index is 0. The Morgan fingerprint density at radius 1 is 0.794 bits per heavy atom. The second kappa shape index (κ2) is 13.0. The lowest BCUT2D eigenvalue weighted by Crippen LogP contribution is -3.00. The fourth-order valence-corrected chi connectivity index (χ4v) is 9.21. The van der Waals surface area contributed by atoms with Gasteiger partial charge in [-0.25, -0.2) is 0 Å². The van der Waals surface area contributed by atoms with Crippen LogP contribution in [0.5, 0.6) is 0 Å². The van der Waals surface area contributed by atoms with Crippen LogP contribution in [-0.4, -0.2) is 25.2 Å². The summed E-state index contributed by atoms with van der Waals surface area (Å²) in [5, 5.41) is 4.40. The first-order valence-electron chi connectivity index (χ1n) is 12.1. The van der Waals surface area contributed by atoms with Crippen molar-refractivity contribution in [2.45, 2.75) is 45.3 Å². The van der Waals surface area contributed by atoms with E-state index in [1.165, 1.54) is 34.1 Å². The molecule has 0 radical (unpaired) electrons. The van der Waals surface area contributed by atoms with E-state index in [4.69, 9.17) is 9.47 Å². The van der Waals surface area contributed by atoms with E-state index < -0.39 is 13.0 Å². The van der Waals surface area contributed by atoms with Crippen molar-refractivity contribution in [2.24, 2.45) is 0 Å². The van der Waals surface area contributed by atoms with E-state index in [9.17, 15) is 0 Å². The molecule has 1 heterocycles. The normalized spacial score (nSPS) is 15.6. The molecular formula is C30H36IO2P. The van der Waals surface area contributed by atoms with E-state index >= 15 is 0 Å². The number of rotatable bonds is 10. The fourth-order valence-electron chi connectivity index (χ4n) is 4.86. The number of allylic oxidation sites excluding steroid dienone is 2. The number of ether oxygens (including phenoxy) is 2. The zero-order valence-electron chi connectivity index (χ0n) is 20.3. The van der Waals surface area contributed by atoms with Gasteiger partial charge in [-0.1, -0.05) is 66.2 Å². The maximum atomic E-state index is 5.75. The molecule has 3 aromatic rings. The zero-order chi connectivity index (χ0) is 23.0. The number of benzene rings is 3. The third-order valence-corrected chi connectivity index (χ3v) is 11.2. The van der Waals surface area contributed by atoms with E-state index in [1.54, 1.807) is 0 Å². The minimum atomic E-state index is -1.73. The third-order valence-electron chi connectivity index (χ3n) is 6.64. The zero-order valence-corrected chi connectivity index (χ0v) is 23.4. The van der Waals surface area contributed by atoms with Gasteiger partial charge in [0, 0.05) is 6.42 Å². The molecule has 180 valence electrons. The Labute approximate surface area is 223 Å². The van der Waals surface area contributed by atoms with Crippen LogP contribution in [0.15, 0.2) is 103 Å². The summed E-state index contributed by atoms with van der Waals surface area (Å²) in [6.45, 7) is 5.75. The molecule has 1 aliphatic heterocycles. The Morgan fingerprint density at radius 3 is 1.68 bits per heavy atom. The molecule has 1 aliphatic rings. The topological polar surface area (TPSA) is 18.5 Å². The quantitative estimate of drug-likeness (QED) is 0.207. The predicted octanol–water partition coefficient (Wildman–Crippen LogP) is 3.25. The van der Waals surface area contributed by atoms with E-state index in [0.29, 0.717) is 13.2 Å². The van der Waals surface area contributed by atoms with Crippen LogP contribution < -0.4 is 39.9 Å². The summed E-state index contributed by atoms with van der Waals surface area (Å²) in [7, 11) is -1.73. The molecule has 0 amide bonds. The maximum absolute atomic E-state index is 5.75. The van der Waals surface area contributed by atoms with E-state index in [1.807, 2.05) is 0 Å². The van der Waals surface area contributed by atoms with Crippen molar-refractivity contribution in [2.75, 3.05) is 19.4 Å². The summed E-state index contributed by atoms with van der Waals surface area (Å²) in [6.07, 6.45) is 7.74. The van der Waals surface area contributed by atoms with Gasteiger partial charge in [0.25, 0.3) is 0 Å². The van der Waals surface area contributed by atoms with E-state index in [2.05, 4.69) is 111 Å². The Kier molecular flexibility index (Phi) is 10.3. The first kappa shape index (κ1) is 27.1. The number of halogens is 1. The smallest absolute Gasteiger partial charge is 0.166 e. The summed E-state index contributed by atoms with van der Waals surface area (Å²) in [6, 6.07) is 33.5. The van der Waals surface area contributed by atoms with Gasteiger partial charge in [0.2, 0.25) is 0 Å². The van der Waals surface area contributed by atoms with Crippen molar-refractivity contribution in [3.8, 4) is 0 Å². The first-order chi connectivity index (χ1) is 16.1. The summed E-state index contributed by atoms with van der Waals surface area (Å²) in [5.41, 5.74) is 1.46. The van der Waals surface area contributed by atoms with Crippen LogP contribution in [-0.2, 0) is 9.47 Å². The van der Waals surface area contributed by atoms with Gasteiger partial charge >= 0.3 is 0 Å². The Morgan fingerprint density at radius 2 is 1.24 bits per heavy atom. The predicted molar refractivity (Wildman–Crippen MR) is 143 cm³/mol. The molecule has 0 saturated carbocycles. The maximum Gasteiger partial charge on any atom is 0.166 e. The molecule has 2 nitrogen and oxygen atoms in total. The van der Waals surface area contributed by atoms with Crippen LogP contribution >= 0.6 is 7.26 Å². The van der Waals surface area contributed by atoms with Crippen LogP contribution in [0.1, 0.15) is 39.5 Å². The van der Waals surface area contributed by atoms with Gasteiger partial charge in [0.05, 0.1) is 19.4 Å². The highest BCUT2D eigenvalue weighted by atomic mass is 127. The molecule has 4 rings (SSSR count). The molecule has 0 aliphatic carbocycles. The minimum Gasteiger partial charge on any atom is -1.00 e. The van der Waals surface area contributed by atoms with Gasteiger partial charge in [-0.15, -0.1) is 0 Å². The molecule has 0 bridgehead atoms. The van der Waals surface area contributed by atoms with Gasteiger partial charge in [-0.3, -0.25) is 0 Å². The summed E-state index contributed by atoms with van der Waals surface area (Å²) in [4.78, 5) is 0. The lowest BCUT2D eigenvalue weighted by atomic mass is 10.1. The molecule has 0 unspecified atom stereocenters. The van der Waals surface area contributed by atoms with Crippen molar-refractivity contribution >= 4 is 23.2 Å². The van der Waals surface area contributed by atoms with Crippen molar-refractivity contribution in [3.05, 3.63) is 103 Å². The molecule has 34 heavy (non-hydrogen) atoms. The Bertz CT molecular complexity index is 919. The van der Waals surface area contributed by atoms with Crippen molar-refractivity contribution in [3.63, 3.8) is 0 Å². The molecule has 4 heteroatoms. The van der Waals surface area contributed by atoms with Crippen LogP contribution in [0.2, 0.25) is 0 Å². The number of hydrogen-bond donors (Lipinski definition) is 0. The van der Waals surface area contributed by atoms with Gasteiger partial charge in [-0.05, 0) is 69.5 Å². The summed E-state index contributed by atoms with van der Waals surface area (Å²) in [5.74, 6) is -0.397. The Balaban J connectivity index is 0.00000324. The second-order valence-corrected chi connectivity index (χ2v) is 12.7. The van der Waals surface area contributed by atoms with E-state index in [0.717, 1.165) is 19.3 Å². The summed E-state index contributed by atoms with van der Waals surface area (Å²) < 4.78 is 11.5. The van der Waals surface area contributed by atoms with Crippen LogP contribution in [0.25, 0.3) is 0 Å². The third kappa shape index (κ3) is 6.57. The highest BCUT2D eigenvalue weighted by Crippen LogP contribution is 2.56. The van der Waals surface area contributed by atoms with Gasteiger partial charge in [0.15, 0.2) is 5.79 Å². The number of hydrogen-bond acceptors (Lipinski definition) is 2. The fraction of sp³-hybridized carbons (Fsp3) is 0.333. The average Bonchev–Trinajstić information content (AvgIpc) is 3.30. The van der Waals surface area contributed by atoms with Crippen LogP contribution in [0.4, 0.5) is 0 Å². The average molecular weight is 586 g/mol. The van der Waals surface area contributed by atoms with Gasteiger partial charge in [-0.2, -0.15) is 0 Å². The molecule has 1 fully saturated rings.